The Hall–Kier alpha value is -2.10. The van der Waals surface area contributed by atoms with Gasteiger partial charge >= 0.3 is 5.97 Å². The molecule has 0 fully saturated rings. The Labute approximate surface area is 193 Å². The number of esters is 1. The first-order valence-corrected chi connectivity index (χ1v) is 13.0. The van der Waals surface area contributed by atoms with E-state index in [2.05, 4.69) is 55.3 Å². The summed E-state index contributed by atoms with van der Waals surface area (Å²) in [6.45, 7) is 6.54. The molecule has 4 nitrogen and oxygen atoms in total. The van der Waals surface area contributed by atoms with E-state index in [-0.39, 0.29) is 15.6 Å². The van der Waals surface area contributed by atoms with Crippen LogP contribution in [0, 0.1) is 11.8 Å². The molecular formula is C25H29NO3S2. The van der Waals surface area contributed by atoms with Crippen LogP contribution in [0.2, 0.25) is 0 Å². The van der Waals surface area contributed by atoms with E-state index in [0.717, 1.165) is 30.6 Å². The molecule has 6 heteroatoms. The van der Waals surface area contributed by atoms with Crippen molar-refractivity contribution in [1.29, 1.82) is 0 Å². The fraction of sp³-hybridized carbons (Fsp3) is 0.440. The highest BCUT2D eigenvalue weighted by atomic mass is 32.2. The summed E-state index contributed by atoms with van der Waals surface area (Å²) in [5, 5.41) is 0. The van der Waals surface area contributed by atoms with Crippen molar-refractivity contribution in [3.63, 3.8) is 0 Å². The molecule has 2 aromatic rings. The number of rotatable bonds is 6. The predicted molar refractivity (Wildman–Crippen MR) is 130 cm³/mol. The molecule has 0 saturated heterocycles. The minimum Gasteiger partial charge on any atom is -0.487 e. The Morgan fingerprint density at radius 1 is 1.13 bits per heavy atom. The van der Waals surface area contributed by atoms with E-state index < -0.39 is 0 Å². The molecule has 31 heavy (non-hydrogen) atoms. The largest absolute Gasteiger partial charge is 0.487 e. The van der Waals surface area contributed by atoms with E-state index in [4.69, 9.17) is 9.47 Å². The standard InChI is InChI=1S/C25H29NO3S2/c1-6-24(7-2)17-25(30-4,31-5)21-15-18(10-14-22(21)29-24)9-12-20-13-11-19(16-26-20)23(27)28-8-3/h10-11,13-16H,6-8,17H2,1-5H3. The lowest BCUT2D eigenvalue weighted by Crippen LogP contribution is -2.45. The third kappa shape index (κ3) is 4.88. The van der Waals surface area contributed by atoms with Gasteiger partial charge in [0.05, 0.1) is 16.2 Å². The number of pyridine rings is 1. The van der Waals surface area contributed by atoms with Crippen LogP contribution < -0.4 is 4.74 Å². The van der Waals surface area contributed by atoms with Gasteiger partial charge in [0.25, 0.3) is 0 Å². The Balaban J connectivity index is 1.91. The van der Waals surface area contributed by atoms with Gasteiger partial charge in [-0.05, 0) is 68.5 Å². The van der Waals surface area contributed by atoms with Crippen molar-refractivity contribution in [3.05, 3.63) is 58.9 Å². The van der Waals surface area contributed by atoms with Crippen LogP contribution in [0.4, 0.5) is 0 Å². The zero-order valence-electron chi connectivity index (χ0n) is 18.8. The number of aromatic nitrogens is 1. The lowest BCUT2D eigenvalue weighted by molar-refractivity contribution is 0.0334. The van der Waals surface area contributed by atoms with Crippen LogP contribution in [0.25, 0.3) is 0 Å². The van der Waals surface area contributed by atoms with Crippen molar-refractivity contribution in [3.8, 4) is 17.6 Å². The summed E-state index contributed by atoms with van der Waals surface area (Å²) in [6, 6.07) is 9.64. The molecule has 3 rings (SSSR count). The molecule has 0 N–H and O–H groups in total. The maximum atomic E-state index is 11.8. The van der Waals surface area contributed by atoms with Gasteiger partial charge in [0.1, 0.15) is 17.0 Å². The number of hydrogen-bond donors (Lipinski definition) is 0. The molecule has 0 saturated carbocycles. The van der Waals surface area contributed by atoms with E-state index in [1.54, 1.807) is 19.1 Å². The highest BCUT2D eigenvalue weighted by molar-refractivity contribution is 8.16. The second kappa shape index (κ2) is 10.0. The highest BCUT2D eigenvalue weighted by Crippen LogP contribution is 2.57. The van der Waals surface area contributed by atoms with Crippen molar-refractivity contribution in [2.24, 2.45) is 0 Å². The van der Waals surface area contributed by atoms with Gasteiger partial charge in [-0.25, -0.2) is 9.78 Å². The summed E-state index contributed by atoms with van der Waals surface area (Å²) < 4.78 is 11.5. The molecule has 0 spiro atoms. The number of hydrogen-bond acceptors (Lipinski definition) is 6. The van der Waals surface area contributed by atoms with E-state index in [1.165, 1.54) is 11.8 Å². The van der Waals surface area contributed by atoms with Crippen LogP contribution in [-0.2, 0) is 8.82 Å². The average Bonchev–Trinajstić information content (AvgIpc) is 2.82. The molecule has 1 aliphatic heterocycles. The highest BCUT2D eigenvalue weighted by Gasteiger charge is 2.47. The Bertz CT molecular complexity index is 984. The van der Waals surface area contributed by atoms with Crippen LogP contribution in [0.3, 0.4) is 0 Å². The average molecular weight is 456 g/mol. The van der Waals surface area contributed by atoms with Crippen molar-refractivity contribution in [1.82, 2.24) is 4.98 Å². The SMILES string of the molecule is CCOC(=O)c1ccc(C#Cc2ccc3c(c2)C(SC)(SC)CC(CC)(CC)O3)nc1. The number of ether oxygens (including phenoxy) is 2. The molecular weight excluding hydrogens is 426 g/mol. The zero-order valence-corrected chi connectivity index (χ0v) is 20.4. The third-order valence-electron chi connectivity index (χ3n) is 5.83. The summed E-state index contributed by atoms with van der Waals surface area (Å²) in [4.78, 5) is 16.0. The molecule has 0 radical (unpaired) electrons. The first-order chi connectivity index (χ1) is 14.9. The summed E-state index contributed by atoms with van der Waals surface area (Å²) in [5.74, 6) is 6.91. The fourth-order valence-electron chi connectivity index (χ4n) is 3.81. The molecule has 2 heterocycles. The summed E-state index contributed by atoms with van der Waals surface area (Å²) in [6.07, 6.45) is 8.80. The van der Waals surface area contributed by atoms with Crippen molar-refractivity contribution < 1.29 is 14.3 Å². The van der Waals surface area contributed by atoms with Crippen LogP contribution >= 0.6 is 23.5 Å². The lowest BCUT2D eigenvalue weighted by Gasteiger charge is -2.47. The molecule has 1 aromatic carbocycles. The number of carbonyl (C=O) groups excluding carboxylic acids is 1. The van der Waals surface area contributed by atoms with Crippen LogP contribution in [0.5, 0.6) is 5.75 Å². The van der Waals surface area contributed by atoms with Crippen LogP contribution in [0.15, 0.2) is 36.5 Å². The smallest absolute Gasteiger partial charge is 0.339 e. The predicted octanol–water partition coefficient (Wildman–Crippen LogP) is 5.88. The monoisotopic (exact) mass is 455 g/mol. The second-order valence-electron chi connectivity index (χ2n) is 7.44. The molecule has 0 aliphatic carbocycles. The molecule has 164 valence electrons. The normalized spacial score (nSPS) is 15.8. The van der Waals surface area contributed by atoms with Gasteiger partial charge in [-0.15, -0.1) is 23.5 Å². The van der Waals surface area contributed by atoms with Gasteiger partial charge in [-0.2, -0.15) is 0 Å². The van der Waals surface area contributed by atoms with Gasteiger partial charge in [0, 0.05) is 23.7 Å². The quantitative estimate of drug-likeness (QED) is 0.308. The number of fused-ring (bicyclic) bond motifs is 1. The van der Waals surface area contributed by atoms with Crippen LogP contribution in [0.1, 0.15) is 67.2 Å². The number of thioether (sulfide) groups is 2. The van der Waals surface area contributed by atoms with Gasteiger partial charge < -0.3 is 9.47 Å². The van der Waals surface area contributed by atoms with Crippen molar-refractivity contribution >= 4 is 29.5 Å². The van der Waals surface area contributed by atoms with Crippen molar-refractivity contribution in [2.75, 3.05) is 19.1 Å². The van der Waals surface area contributed by atoms with E-state index >= 15 is 0 Å². The van der Waals surface area contributed by atoms with E-state index in [0.29, 0.717) is 17.9 Å². The molecule has 0 atom stereocenters. The Kier molecular flexibility index (Phi) is 7.61. The lowest BCUT2D eigenvalue weighted by atomic mass is 9.85. The summed E-state index contributed by atoms with van der Waals surface area (Å²) in [7, 11) is 0. The summed E-state index contributed by atoms with van der Waals surface area (Å²) in [5.41, 5.74) is 3.03. The molecule has 1 aliphatic rings. The maximum absolute atomic E-state index is 11.8. The van der Waals surface area contributed by atoms with Crippen molar-refractivity contribution in [2.45, 2.75) is 49.7 Å². The third-order valence-corrected chi connectivity index (χ3v) is 8.88. The van der Waals surface area contributed by atoms with Gasteiger partial charge in [0.15, 0.2) is 0 Å². The number of nitrogens with zero attached hydrogens (tertiary/aromatic N) is 1. The van der Waals surface area contributed by atoms with Gasteiger partial charge in [-0.1, -0.05) is 19.8 Å². The Morgan fingerprint density at radius 3 is 2.45 bits per heavy atom. The topological polar surface area (TPSA) is 48.4 Å². The first kappa shape index (κ1) is 23.6. The number of carbonyl (C=O) groups is 1. The van der Waals surface area contributed by atoms with Gasteiger partial charge in [-0.3, -0.25) is 0 Å². The van der Waals surface area contributed by atoms with Gasteiger partial charge in [0.2, 0.25) is 0 Å². The second-order valence-corrected chi connectivity index (χ2v) is 9.91. The van der Waals surface area contributed by atoms with E-state index in [9.17, 15) is 4.79 Å². The minimum atomic E-state index is -0.370. The molecule has 0 unspecified atom stereocenters. The summed E-state index contributed by atoms with van der Waals surface area (Å²) >= 11 is 3.76. The molecule has 0 amide bonds. The van der Waals surface area contributed by atoms with Crippen LogP contribution in [-0.4, -0.2) is 35.7 Å². The number of benzene rings is 1. The fourth-order valence-corrected chi connectivity index (χ4v) is 6.05. The molecule has 0 bridgehead atoms. The first-order valence-electron chi connectivity index (χ1n) is 10.5. The minimum absolute atomic E-state index is 0.0587. The van der Waals surface area contributed by atoms with E-state index in [1.807, 2.05) is 29.6 Å². The Morgan fingerprint density at radius 2 is 1.87 bits per heavy atom. The molecule has 1 aromatic heterocycles. The maximum Gasteiger partial charge on any atom is 0.339 e. The zero-order chi connectivity index (χ0) is 22.5.